The summed E-state index contributed by atoms with van der Waals surface area (Å²) >= 11 is 0. The van der Waals surface area contributed by atoms with Crippen LogP contribution >= 0.6 is 0 Å². The van der Waals surface area contributed by atoms with Crippen LogP contribution in [0.5, 0.6) is 0 Å². The van der Waals surface area contributed by atoms with Crippen molar-refractivity contribution in [3.05, 3.63) is 328 Å². The average molecular weight is 1150 g/mol. The van der Waals surface area contributed by atoms with Gasteiger partial charge in [0.05, 0.1) is 66.7 Å². The molecule has 0 bridgehead atoms. The molecule has 0 radical (unpaired) electrons. The largest absolute Gasteiger partial charge is 0.309 e. The van der Waals surface area contributed by atoms with Gasteiger partial charge in [-0.2, -0.15) is 0 Å². The van der Waals surface area contributed by atoms with Crippen molar-refractivity contribution < 1.29 is 0 Å². The number of aromatic nitrogens is 6. The van der Waals surface area contributed by atoms with Crippen molar-refractivity contribution in [2.75, 3.05) is 0 Å². The Balaban J connectivity index is 1.00. The molecule has 90 heavy (non-hydrogen) atoms. The van der Waals surface area contributed by atoms with Gasteiger partial charge in [-0.1, -0.05) is 200 Å². The Labute approximate surface area is 518 Å². The first-order chi connectivity index (χ1) is 44.7. The lowest BCUT2D eigenvalue weighted by Gasteiger charge is -2.16. The smallest absolute Gasteiger partial charge is 0.0650 e. The van der Waals surface area contributed by atoms with Crippen LogP contribution in [0.1, 0.15) is 0 Å². The fraction of sp³-hybridized carbons (Fsp3) is 0. The summed E-state index contributed by atoms with van der Waals surface area (Å²) in [4.78, 5) is 0. The molecule has 0 saturated heterocycles. The highest BCUT2D eigenvalue weighted by Crippen LogP contribution is 2.50. The molecule has 13 aromatic carbocycles. The number of hydrogen-bond acceptors (Lipinski definition) is 0. The van der Waals surface area contributed by atoms with E-state index >= 15 is 0 Å². The maximum Gasteiger partial charge on any atom is 0.0650 e. The lowest BCUT2D eigenvalue weighted by molar-refractivity contribution is 1.13. The number of rotatable bonds is 9. The Bertz CT molecular complexity index is 5420. The van der Waals surface area contributed by atoms with E-state index in [-0.39, 0.29) is 0 Å². The molecular formula is C84H54N6. The Hall–Kier alpha value is -12.1. The van der Waals surface area contributed by atoms with Crippen LogP contribution in [0, 0.1) is 0 Å². The molecule has 6 aromatic heterocycles. The van der Waals surface area contributed by atoms with Crippen LogP contribution in [0.15, 0.2) is 328 Å². The summed E-state index contributed by atoms with van der Waals surface area (Å²) in [5, 5.41) is 10.6. The van der Waals surface area contributed by atoms with E-state index in [0.717, 1.165) is 117 Å². The lowest BCUT2D eigenvalue weighted by atomic mass is 10.1. The molecule has 6 heterocycles. The van der Waals surface area contributed by atoms with Gasteiger partial charge < -0.3 is 27.4 Å². The second-order valence-corrected chi connectivity index (χ2v) is 23.6. The zero-order chi connectivity index (χ0) is 59.0. The highest BCUT2D eigenvalue weighted by atomic mass is 15.1. The van der Waals surface area contributed by atoms with E-state index in [2.05, 4.69) is 355 Å². The van der Waals surface area contributed by atoms with Crippen molar-refractivity contribution >= 4 is 98.1 Å². The quantitative estimate of drug-likeness (QED) is 0.138. The molecule has 0 aliphatic rings. The number of benzene rings is 13. The summed E-state index contributed by atoms with van der Waals surface area (Å²) in [6, 6.07) is 121. The standard InChI is InChI=1S/C84H54N6/c1-7-25-55(26-8-1)79-52-70-82(88(79)61-43-46-76-67(49-61)64-37-19-22-40-73(64)85(76)58-31-13-4-14-32-58)71-53-80(56-27-9-2-10-28-56)90(63-45-48-78-69(51-63)66-39-21-24-42-75(66)87(78)60-35-17-6-18-36-60)84(71)72-54-81(57-29-11-3-12-30-57)89(83(70)72)62-44-47-77-68(50-62)65-38-20-23-41-74(65)86(77)59-33-15-5-16-34-59/h1-54H. The van der Waals surface area contributed by atoms with Crippen molar-refractivity contribution in [3.8, 4) is 67.9 Å². The maximum atomic E-state index is 2.58. The van der Waals surface area contributed by atoms with E-state index in [9.17, 15) is 0 Å². The predicted molar refractivity (Wildman–Crippen MR) is 376 cm³/mol. The molecule has 0 N–H and O–H groups in total. The van der Waals surface area contributed by atoms with Gasteiger partial charge in [0.2, 0.25) is 0 Å². The molecule has 0 atom stereocenters. The van der Waals surface area contributed by atoms with Crippen LogP contribution in [0.25, 0.3) is 166 Å². The molecule has 0 unspecified atom stereocenters. The van der Waals surface area contributed by atoms with Crippen molar-refractivity contribution in [3.63, 3.8) is 0 Å². The van der Waals surface area contributed by atoms with Crippen molar-refractivity contribution in [1.29, 1.82) is 0 Å². The van der Waals surface area contributed by atoms with Crippen LogP contribution in [0.2, 0.25) is 0 Å². The number of hydrogen-bond donors (Lipinski definition) is 0. The summed E-state index contributed by atoms with van der Waals surface area (Å²) in [6.45, 7) is 0. The van der Waals surface area contributed by atoms with E-state index in [1.807, 2.05) is 0 Å². The lowest BCUT2D eigenvalue weighted by Crippen LogP contribution is -2.01. The summed E-state index contributed by atoms with van der Waals surface area (Å²) in [5.41, 5.74) is 23.7. The third-order valence-corrected chi connectivity index (χ3v) is 18.8. The van der Waals surface area contributed by atoms with E-state index < -0.39 is 0 Å². The zero-order valence-electron chi connectivity index (χ0n) is 48.9. The van der Waals surface area contributed by atoms with Gasteiger partial charge in [0.1, 0.15) is 0 Å². The Kier molecular flexibility index (Phi) is 11.0. The minimum absolute atomic E-state index is 1.08. The molecule has 0 spiro atoms. The second kappa shape index (κ2) is 19.7. The van der Waals surface area contributed by atoms with Crippen LogP contribution in [-0.2, 0) is 0 Å². The van der Waals surface area contributed by atoms with Crippen LogP contribution in [-0.4, -0.2) is 27.4 Å². The summed E-state index contributed by atoms with van der Waals surface area (Å²) in [6.07, 6.45) is 0. The molecule has 6 heteroatoms. The molecule has 19 aromatic rings. The predicted octanol–water partition coefficient (Wildman–Crippen LogP) is 21.8. The summed E-state index contributed by atoms with van der Waals surface area (Å²) in [7, 11) is 0. The third kappa shape index (κ3) is 7.39. The minimum atomic E-state index is 1.08. The third-order valence-electron chi connectivity index (χ3n) is 18.8. The van der Waals surface area contributed by atoms with Crippen LogP contribution in [0.3, 0.4) is 0 Å². The first-order valence-corrected chi connectivity index (χ1v) is 30.9. The van der Waals surface area contributed by atoms with Gasteiger partial charge in [0.15, 0.2) is 0 Å². The van der Waals surface area contributed by atoms with Gasteiger partial charge in [0.25, 0.3) is 0 Å². The SMILES string of the molecule is c1ccc(-c2cc3c(c4cc(-c5ccccc5)n(-c5ccc6c(c5)c5ccccc5n6-c5ccccc5)c4c4cc(-c5ccccc5)n(-c5ccc6c(c5)c5ccccc5n6-c5ccccc5)c34)n2-c2ccc3c(c2)c2ccccc2n3-c2ccccc2)cc1. The first kappa shape index (κ1) is 50.1. The number of para-hydroxylation sites is 6. The zero-order valence-corrected chi connectivity index (χ0v) is 48.9. The van der Waals surface area contributed by atoms with E-state index in [4.69, 9.17) is 0 Å². The highest BCUT2D eigenvalue weighted by molar-refractivity contribution is 6.27. The Morgan fingerprint density at radius 1 is 0.144 bits per heavy atom. The number of fused-ring (bicyclic) bond motifs is 15. The Morgan fingerprint density at radius 3 is 0.656 bits per heavy atom. The molecule has 0 fully saturated rings. The minimum Gasteiger partial charge on any atom is -0.309 e. The highest BCUT2D eigenvalue weighted by Gasteiger charge is 2.29. The van der Waals surface area contributed by atoms with Gasteiger partial charge in [-0.25, -0.2) is 0 Å². The van der Waals surface area contributed by atoms with Gasteiger partial charge in [-0.3, -0.25) is 0 Å². The molecule has 6 nitrogen and oxygen atoms in total. The van der Waals surface area contributed by atoms with Gasteiger partial charge in [0, 0.05) is 82.6 Å². The summed E-state index contributed by atoms with van der Waals surface area (Å²) < 4.78 is 15.0. The summed E-state index contributed by atoms with van der Waals surface area (Å²) in [5.74, 6) is 0. The topological polar surface area (TPSA) is 29.6 Å². The first-order valence-electron chi connectivity index (χ1n) is 30.9. The van der Waals surface area contributed by atoms with Crippen molar-refractivity contribution in [2.45, 2.75) is 0 Å². The molecule has 0 aliphatic carbocycles. The van der Waals surface area contributed by atoms with Crippen LogP contribution < -0.4 is 0 Å². The van der Waals surface area contributed by atoms with Crippen molar-refractivity contribution in [1.82, 2.24) is 27.4 Å². The second-order valence-electron chi connectivity index (χ2n) is 23.6. The molecular weight excluding hydrogens is 1090 g/mol. The fourth-order valence-electron chi connectivity index (χ4n) is 15.0. The Morgan fingerprint density at radius 2 is 0.378 bits per heavy atom. The normalized spacial score (nSPS) is 12.0. The molecule has 420 valence electrons. The van der Waals surface area contributed by atoms with E-state index in [1.165, 1.54) is 48.9 Å². The van der Waals surface area contributed by atoms with Crippen molar-refractivity contribution in [2.24, 2.45) is 0 Å². The number of nitrogens with zero attached hydrogens (tertiary/aromatic N) is 6. The molecule has 19 rings (SSSR count). The van der Waals surface area contributed by atoms with Gasteiger partial charge in [-0.15, -0.1) is 0 Å². The maximum absolute atomic E-state index is 2.58. The molecule has 0 amide bonds. The molecule has 0 saturated carbocycles. The van der Waals surface area contributed by atoms with Crippen LogP contribution in [0.4, 0.5) is 0 Å². The molecule has 0 aliphatic heterocycles. The average Bonchev–Trinajstić information content (AvgIpc) is 1.56. The van der Waals surface area contributed by atoms with E-state index in [1.54, 1.807) is 0 Å². The van der Waals surface area contributed by atoms with Gasteiger partial charge >= 0.3 is 0 Å². The van der Waals surface area contributed by atoms with E-state index in [0.29, 0.717) is 0 Å². The monoisotopic (exact) mass is 1150 g/mol. The van der Waals surface area contributed by atoms with Gasteiger partial charge in [-0.05, 0) is 144 Å². The fourth-order valence-corrected chi connectivity index (χ4v) is 15.0.